The number of aromatic nitrogens is 3. The molecule has 0 aromatic carbocycles. The molecule has 7 nitrogen and oxygen atoms in total. The third-order valence-corrected chi connectivity index (χ3v) is 2.78. The van der Waals surface area contributed by atoms with Crippen LogP contribution in [0.2, 0.25) is 5.02 Å². The van der Waals surface area contributed by atoms with Crippen LogP contribution >= 0.6 is 11.6 Å². The Morgan fingerprint density at radius 3 is 3.05 bits per heavy atom. The van der Waals surface area contributed by atoms with E-state index >= 15 is 0 Å². The fourth-order valence-electron chi connectivity index (χ4n) is 1.54. The molecule has 2 aromatic rings. The number of carboxylic acid groups (broad SMARTS) is 1. The predicted octanol–water partition coefficient (Wildman–Crippen LogP) is 2.02. The minimum absolute atomic E-state index is 0.0961. The van der Waals surface area contributed by atoms with Crippen molar-refractivity contribution in [3.63, 3.8) is 0 Å². The van der Waals surface area contributed by atoms with Crippen LogP contribution in [0.15, 0.2) is 24.5 Å². The van der Waals surface area contributed by atoms with Gasteiger partial charge in [0.1, 0.15) is 5.82 Å². The van der Waals surface area contributed by atoms with Crippen LogP contribution in [0.3, 0.4) is 0 Å². The van der Waals surface area contributed by atoms with Crippen molar-refractivity contribution in [3.05, 3.63) is 35.2 Å². The highest BCUT2D eigenvalue weighted by Crippen LogP contribution is 2.19. The van der Waals surface area contributed by atoms with Gasteiger partial charge in [-0.3, -0.25) is 4.68 Å². The molecule has 0 unspecified atom stereocenters. The second kappa shape index (κ2) is 6.36. The molecule has 0 aliphatic rings. The Hall–Kier alpha value is -2.12. The van der Waals surface area contributed by atoms with Crippen molar-refractivity contribution in [2.24, 2.45) is 0 Å². The van der Waals surface area contributed by atoms with Crippen LogP contribution in [0.25, 0.3) is 0 Å². The molecule has 0 amide bonds. The third-order valence-electron chi connectivity index (χ3n) is 2.48. The fourth-order valence-corrected chi connectivity index (χ4v) is 1.73. The average Bonchev–Trinajstić information content (AvgIpc) is 2.86. The number of carbonyl (C=O) groups is 1. The molecule has 2 aromatic heterocycles. The van der Waals surface area contributed by atoms with E-state index in [9.17, 15) is 4.79 Å². The topological polar surface area (TPSA) is 89.3 Å². The number of nitrogens with zero attached hydrogens (tertiary/aromatic N) is 3. The van der Waals surface area contributed by atoms with E-state index in [4.69, 9.17) is 21.4 Å². The average molecular weight is 297 g/mol. The summed E-state index contributed by atoms with van der Waals surface area (Å²) in [6.07, 6.45) is 3.39. The molecule has 2 N–H and O–H groups in total. The molecule has 0 atom stereocenters. The first-order chi connectivity index (χ1) is 9.60. The second-order valence-electron chi connectivity index (χ2n) is 3.94. The van der Waals surface area contributed by atoms with Crippen LogP contribution in [0.1, 0.15) is 10.5 Å². The molecule has 0 spiro atoms. The molecule has 0 fully saturated rings. The lowest BCUT2D eigenvalue weighted by atomic mass is 10.3. The van der Waals surface area contributed by atoms with Crippen molar-refractivity contribution in [2.75, 3.05) is 19.0 Å². The van der Waals surface area contributed by atoms with Gasteiger partial charge in [-0.05, 0) is 12.1 Å². The monoisotopic (exact) mass is 296 g/mol. The number of anilines is 2. The Bertz CT molecular complexity index is 614. The number of nitrogens with one attached hydrogen (secondary N) is 1. The molecule has 2 rings (SSSR count). The Labute approximate surface area is 120 Å². The van der Waals surface area contributed by atoms with Crippen molar-refractivity contribution in [3.8, 4) is 0 Å². The van der Waals surface area contributed by atoms with Crippen LogP contribution in [0, 0.1) is 0 Å². The first kappa shape index (κ1) is 14.3. The molecule has 8 heteroatoms. The van der Waals surface area contributed by atoms with Gasteiger partial charge in [0.05, 0.1) is 30.1 Å². The third kappa shape index (κ3) is 3.46. The molecular formula is C12H13ClN4O3. The number of rotatable bonds is 6. The highest BCUT2D eigenvalue weighted by Gasteiger charge is 2.11. The zero-order valence-corrected chi connectivity index (χ0v) is 11.5. The van der Waals surface area contributed by atoms with Crippen molar-refractivity contribution >= 4 is 29.1 Å². The van der Waals surface area contributed by atoms with Gasteiger partial charge >= 0.3 is 5.97 Å². The van der Waals surface area contributed by atoms with Crippen LogP contribution in [0.5, 0.6) is 0 Å². The minimum atomic E-state index is -1.17. The second-order valence-corrected chi connectivity index (χ2v) is 4.35. The number of pyridine rings is 1. The van der Waals surface area contributed by atoms with Crippen LogP contribution in [-0.4, -0.2) is 39.6 Å². The summed E-state index contributed by atoms with van der Waals surface area (Å²) in [5.41, 5.74) is 0.510. The van der Waals surface area contributed by atoms with Crippen molar-refractivity contribution in [1.29, 1.82) is 0 Å². The number of hydrogen-bond acceptors (Lipinski definition) is 5. The van der Waals surface area contributed by atoms with E-state index in [-0.39, 0.29) is 10.7 Å². The first-order valence-corrected chi connectivity index (χ1v) is 6.16. The number of carboxylic acids is 1. The normalized spacial score (nSPS) is 10.5. The van der Waals surface area contributed by atoms with Crippen molar-refractivity contribution in [2.45, 2.75) is 6.54 Å². The van der Waals surface area contributed by atoms with E-state index in [2.05, 4.69) is 15.4 Å². The SMILES string of the molecule is COCCn1cc(Nc2ccc(Cl)c(C(=O)O)n2)cn1. The van der Waals surface area contributed by atoms with E-state index < -0.39 is 5.97 Å². The minimum Gasteiger partial charge on any atom is -0.476 e. The van der Waals surface area contributed by atoms with Gasteiger partial charge in [-0.1, -0.05) is 11.6 Å². The van der Waals surface area contributed by atoms with E-state index in [0.29, 0.717) is 24.7 Å². The zero-order chi connectivity index (χ0) is 14.5. The Kier molecular flexibility index (Phi) is 4.54. The number of ether oxygens (including phenoxy) is 1. The number of hydrogen-bond donors (Lipinski definition) is 2. The summed E-state index contributed by atoms with van der Waals surface area (Å²) in [6, 6.07) is 3.08. The maximum absolute atomic E-state index is 10.9. The van der Waals surface area contributed by atoms with Gasteiger partial charge < -0.3 is 15.2 Å². The summed E-state index contributed by atoms with van der Waals surface area (Å²) in [5, 5.41) is 16.1. The Morgan fingerprint density at radius 2 is 2.35 bits per heavy atom. The molecule has 0 aliphatic heterocycles. The molecule has 20 heavy (non-hydrogen) atoms. The summed E-state index contributed by atoms with van der Waals surface area (Å²) in [4.78, 5) is 14.9. The quantitative estimate of drug-likeness (QED) is 0.847. The van der Waals surface area contributed by atoms with Gasteiger partial charge in [0, 0.05) is 13.3 Å². The van der Waals surface area contributed by atoms with E-state index in [1.807, 2.05) is 0 Å². The number of aromatic carboxylic acids is 1. The van der Waals surface area contributed by atoms with Gasteiger partial charge in [0.2, 0.25) is 0 Å². The van der Waals surface area contributed by atoms with Crippen LogP contribution in [-0.2, 0) is 11.3 Å². The maximum Gasteiger partial charge on any atom is 0.356 e. The lowest BCUT2D eigenvalue weighted by Crippen LogP contribution is -2.04. The van der Waals surface area contributed by atoms with E-state index in [0.717, 1.165) is 0 Å². The smallest absolute Gasteiger partial charge is 0.356 e. The van der Waals surface area contributed by atoms with Gasteiger partial charge in [0.15, 0.2) is 5.69 Å². The largest absolute Gasteiger partial charge is 0.476 e. The predicted molar refractivity (Wildman–Crippen MR) is 73.6 cm³/mol. The van der Waals surface area contributed by atoms with Gasteiger partial charge in [0.25, 0.3) is 0 Å². The highest BCUT2D eigenvalue weighted by molar-refractivity contribution is 6.33. The summed E-state index contributed by atoms with van der Waals surface area (Å²) in [5.74, 6) is -0.785. The van der Waals surface area contributed by atoms with Crippen LogP contribution < -0.4 is 5.32 Å². The molecule has 0 radical (unpaired) electrons. The lowest BCUT2D eigenvalue weighted by Gasteiger charge is -2.04. The molecule has 0 aliphatic carbocycles. The van der Waals surface area contributed by atoms with Gasteiger partial charge in [-0.15, -0.1) is 0 Å². The Morgan fingerprint density at radius 1 is 1.55 bits per heavy atom. The highest BCUT2D eigenvalue weighted by atomic mass is 35.5. The van der Waals surface area contributed by atoms with Gasteiger partial charge in [-0.2, -0.15) is 5.10 Å². The van der Waals surface area contributed by atoms with Crippen molar-refractivity contribution < 1.29 is 14.6 Å². The molecule has 0 bridgehead atoms. The maximum atomic E-state index is 10.9. The lowest BCUT2D eigenvalue weighted by molar-refractivity contribution is 0.0691. The van der Waals surface area contributed by atoms with E-state index in [1.165, 1.54) is 6.07 Å². The molecule has 106 valence electrons. The van der Waals surface area contributed by atoms with Crippen LogP contribution in [0.4, 0.5) is 11.5 Å². The molecule has 2 heterocycles. The molecular weight excluding hydrogens is 284 g/mol. The zero-order valence-electron chi connectivity index (χ0n) is 10.7. The van der Waals surface area contributed by atoms with Gasteiger partial charge in [-0.25, -0.2) is 9.78 Å². The summed E-state index contributed by atoms with van der Waals surface area (Å²) < 4.78 is 6.66. The molecule has 0 saturated carbocycles. The first-order valence-electron chi connectivity index (χ1n) is 5.78. The van der Waals surface area contributed by atoms with E-state index in [1.54, 1.807) is 30.3 Å². The standard InChI is InChI=1S/C12H13ClN4O3/c1-20-5-4-17-7-8(6-14-17)15-10-3-2-9(13)11(16-10)12(18)19/h2-3,6-7H,4-5H2,1H3,(H,15,16)(H,18,19). The van der Waals surface area contributed by atoms with Crippen molar-refractivity contribution in [1.82, 2.24) is 14.8 Å². The number of halogens is 1. The molecule has 0 saturated heterocycles. The number of methoxy groups -OCH3 is 1. The summed E-state index contributed by atoms with van der Waals surface area (Å²) >= 11 is 5.75. The fraction of sp³-hybridized carbons (Fsp3) is 0.250. The Balaban J connectivity index is 2.11. The summed E-state index contributed by atoms with van der Waals surface area (Å²) in [6.45, 7) is 1.19. The summed E-state index contributed by atoms with van der Waals surface area (Å²) in [7, 11) is 1.62.